The first-order valence-corrected chi connectivity index (χ1v) is 4.10. The summed E-state index contributed by atoms with van der Waals surface area (Å²) in [6.45, 7) is 0. The Kier molecular flexibility index (Phi) is 2.86. The van der Waals surface area contributed by atoms with Crippen molar-refractivity contribution >= 4 is 11.3 Å². The molecular weight excluding hydrogens is 148 g/mol. The summed E-state index contributed by atoms with van der Waals surface area (Å²) < 4.78 is 0. The fraction of sp³-hybridized carbons (Fsp3) is 0.429. The van der Waals surface area contributed by atoms with E-state index in [1.807, 2.05) is 16.8 Å². The maximum absolute atomic E-state index is 8.51. The summed E-state index contributed by atoms with van der Waals surface area (Å²) in [4.78, 5) is 0. The lowest BCUT2D eigenvalue weighted by Crippen LogP contribution is -2.04. The normalized spacial score (nSPS) is 10.7. The van der Waals surface area contributed by atoms with Crippen LogP contribution < -0.4 is 0 Å². The summed E-state index contributed by atoms with van der Waals surface area (Å²) in [5.41, 5.74) is 1.18. The van der Waals surface area contributed by atoms with Gasteiger partial charge in [0.1, 0.15) is 0 Å². The average Bonchev–Trinajstić information content (AvgIpc) is 2.34. The van der Waals surface area contributed by atoms with Crippen molar-refractivity contribution in [3.8, 4) is 0 Å². The largest absolute Gasteiger partial charge is 0.368 e. The van der Waals surface area contributed by atoms with E-state index < -0.39 is 6.29 Å². The lowest BCUT2D eigenvalue weighted by Gasteiger charge is -1.99. The summed E-state index contributed by atoms with van der Waals surface area (Å²) >= 11 is 1.63. The lowest BCUT2D eigenvalue weighted by atomic mass is 10.2. The first kappa shape index (κ1) is 7.72. The summed E-state index contributed by atoms with van der Waals surface area (Å²) in [6.07, 6.45) is 0.0117. The molecule has 0 radical (unpaired) electrons. The maximum atomic E-state index is 8.51. The van der Waals surface area contributed by atoms with Crippen LogP contribution in [0.5, 0.6) is 0 Å². The molecule has 0 saturated carbocycles. The number of aryl methyl sites for hydroxylation is 1. The van der Waals surface area contributed by atoms with E-state index in [2.05, 4.69) is 0 Å². The molecule has 0 bridgehead atoms. The van der Waals surface area contributed by atoms with E-state index in [4.69, 9.17) is 10.2 Å². The van der Waals surface area contributed by atoms with Gasteiger partial charge in [0.2, 0.25) is 0 Å². The Morgan fingerprint density at radius 2 is 2.30 bits per heavy atom. The second kappa shape index (κ2) is 3.71. The molecule has 1 rings (SSSR count). The maximum Gasteiger partial charge on any atom is 0.151 e. The Balaban J connectivity index is 2.28. The van der Waals surface area contributed by atoms with Gasteiger partial charge in [-0.3, -0.25) is 0 Å². The number of hydrogen-bond donors (Lipinski definition) is 2. The molecular formula is C7H10O2S. The van der Waals surface area contributed by atoms with Crippen molar-refractivity contribution in [1.29, 1.82) is 0 Å². The van der Waals surface area contributed by atoms with Crippen molar-refractivity contribution in [3.05, 3.63) is 22.4 Å². The Morgan fingerprint density at radius 3 is 2.80 bits per heavy atom. The van der Waals surface area contributed by atoms with Crippen LogP contribution >= 0.6 is 11.3 Å². The van der Waals surface area contributed by atoms with Crippen LogP contribution in [0.25, 0.3) is 0 Å². The molecule has 0 amide bonds. The molecule has 0 saturated heterocycles. The van der Waals surface area contributed by atoms with Crippen LogP contribution in [0, 0.1) is 0 Å². The molecule has 1 heterocycles. The van der Waals surface area contributed by atoms with Crippen LogP contribution in [0.2, 0.25) is 0 Å². The van der Waals surface area contributed by atoms with Gasteiger partial charge in [-0.2, -0.15) is 11.3 Å². The molecule has 0 fully saturated rings. The molecule has 2 nitrogen and oxygen atoms in total. The fourth-order valence-corrected chi connectivity index (χ4v) is 1.43. The molecule has 2 N–H and O–H groups in total. The van der Waals surface area contributed by atoms with Crippen molar-refractivity contribution in [2.24, 2.45) is 0 Å². The van der Waals surface area contributed by atoms with E-state index in [0.29, 0.717) is 6.42 Å². The monoisotopic (exact) mass is 158 g/mol. The average molecular weight is 158 g/mol. The highest BCUT2D eigenvalue weighted by atomic mass is 32.1. The molecule has 0 aromatic carbocycles. The molecule has 1 aromatic rings. The topological polar surface area (TPSA) is 40.5 Å². The zero-order valence-electron chi connectivity index (χ0n) is 5.53. The highest BCUT2D eigenvalue weighted by Crippen LogP contribution is 2.08. The fourth-order valence-electron chi connectivity index (χ4n) is 0.731. The summed E-state index contributed by atoms with van der Waals surface area (Å²) in [5, 5.41) is 21.0. The van der Waals surface area contributed by atoms with Crippen LogP contribution in [-0.2, 0) is 6.42 Å². The van der Waals surface area contributed by atoms with Crippen LogP contribution in [0.15, 0.2) is 16.8 Å². The molecule has 0 atom stereocenters. The van der Waals surface area contributed by atoms with Gasteiger partial charge in [0, 0.05) is 6.42 Å². The van der Waals surface area contributed by atoms with Gasteiger partial charge in [0.15, 0.2) is 6.29 Å². The molecule has 56 valence electrons. The second-order valence-corrected chi connectivity index (χ2v) is 2.93. The molecule has 10 heavy (non-hydrogen) atoms. The van der Waals surface area contributed by atoms with E-state index >= 15 is 0 Å². The van der Waals surface area contributed by atoms with Gasteiger partial charge in [-0.15, -0.1) is 0 Å². The van der Waals surface area contributed by atoms with Gasteiger partial charge in [0.25, 0.3) is 0 Å². The summed E-state index contributed by atoms with van der Waals surface area (Å²) in [6, 6.07) is 1.99. The van der Waals surface area contributed by atoms with Gasteiger partial charge in [-0.1, -0.05) is 0 Å². The number of aliphatic hydroxyl groups is 2. The quantitative estimate of drug-likeness (QED) is 0.644. The number of hydrogen-bond acceptors (Lipinski definition) is 3. The van der Waals surface area contributed by atoms with Crippen LogP contribution in [0.4, 0.5) is 0 Å². The standard InChI is InChI=1S/C7H10O2S/c8-7(9)2-1-6-3-4-10-5-6/h3-5,7-9H,1-2H2. The van der Waals surface area contributed by atoms with Crippen LogP contribution in [-0.4, -0.2) is 16.5 Å². The van der Waals surface area contributed by atoms with Crippen molar-refractivity contribution in [1.82, 2.24) is 0 Å². The van der Waals surface area contributed by atoms with E-state index in [1.165, 1.54) is 5.56 Å². The molecule has 0 aliphatic heterocycles. The smallest absolute Gasteiger partial charge is 0.151 e. The lowest BCUT2D eigenvalue weighted by molar-refractivity contribution is -0.0446. The third kappa shape index (κ3) is 2.47. The summed E-state index contributed by atoms with van der Waals surface area (Å²) in [7, 11) is 0. The van der Waals surface area contributed by atoms with Gasteiger partial charge in [0.05, 0.1) is 0 Å². The molecule has 0 aliphatic carbocycles. The van der Waals surface area contributed by atoms with Crippen LogP contribution in [0.1, 0.15) is 12.0 Å². The first-order chi connectivity index (χ1) is 4.79. The minimum atomic E-state index is -1.17. The number of rotatable bonds is 3. The minimum absolute atomic E-state index is 0.427. The highest BCUT2D eigenvalue weighted by molar-refractivity contribution is 7.07. The Labute approximate surface area is 63.8 Å². The molecule has 0 spiro atoms. The predicted octanol–water partition coefficient (Wildman–Crippen LogP) is 0.991. The van der Waals surface area contributed by atoms with Gasteiger partial charge >= 0.3 is 0 Å². The van der Waals surface area contributed by atoms with Crippen molar-refractivity contribution in [2.75, 3.05) is 0 Å². The summed E-state index contributed by atoms with van der Waals surface area (Å²) in [5.74, 6) is 0. The van der Waals surface area contributed by atoms with Gasteiger partial charge in [-0.25, -0.2) is 0 Å². The molecule has 0 unspecified atom stereocenters. The van der Waals surface area contributed by atoms with Crippen molar-refractivity contribution in [3.63, 3.8) is 0 Å². The van der Waals surface area contributed by atoms with E-state index in [-0.39, 0.29) is 0 Å². The van der Waals surface area contributed by atoms with E-state index in [9.17, 15) is 0 Å². The third-order valence-corrected chi connectivity index (χ3v) is 2.00. The molecule has 0 aliphatic rings. The van der Waals surface area contributed by atoms with Crippen molar-refractivity contribution < 1.29 is 10.2 Å². The second-order valence-electron chi connectivity index (χ2n) is 2.15. The Morgan fingerprint density at radius 1 is 1.50 bits per heavy atom. The predicted molar refractivity (Wildman–Crippen MR) is 40.9 cm³/mol. The molecule has 3 heteroatoms. The SMILES string of the molecule is OC(O)CCc1ccsc1. The first-order valence-electron chi connectivity index (χ1n) is 3.16. The van der Waals surface area contributed by atoms with Gasteiger partial charge < -0.3 is 10.2 Å². The zero-order chi connectivity index (χ0) is 7.40. The zero-order valence-corrected chi connectivity index (χ0v) is 6.34. The van der Waals surface area contributed by atoms with Crippen molar-refractivity contribution in [2.45, 2.75) is 19.1 Å². The third-order valence-electron chi connectivity index (χ3n) is 1.27. The Bertz CT molecular complexity index is 170. The van der Waals surface area contributed by atoms with E-state index in [1.54, 1.807) is 11.3 Å². The number of thiophene rings is 1. The van der Waals surface area contributed by atoms with Gasteiger partial charge in [-0.05, 0) is 28.8 Å². The minimum Gasteiger partial charge on any atom is -0.368 e. The number of aliphatic hydroxyl groups excluding tert-OH is 1. The molecule has 1 aromatic heterocycles. The Hall–Kier alpha value is -0.380. The van der Waals surface area contributed by atoms with Crippen LogP contribution in [0.3, 0.4) is 0 Å². The van der Waals surface area contributed by atoms with E-state index in [0.717, 1.165) is 6.42 Å². The highest BCUT2D eigenvalue weighted by Gasteiger charge is 1.98.